The number of halogens is 1. The number of rotatable bonds is 2. The molecule has 0 radical (unpaired) electrons. The average molecular weight is 357 g/mol. The zero-order valence-corrected chi connectivity index (χ0v) is 13.1. The molecule has 18 heavy (non-hydrogen) atoms. The van der Waals surface area contributed by atoms with Gasteiger partial charge in [0.05, 0.1) is 16.9 Å². The highest BCUT2D eigenvalue weighted by Crippen LogP contribution is 2.21. The smallest absolute Gasteiger partial charge is 0.227 e. The summed E-state index contributed by atoms with van der Waals surface area (Å²) < 4.78 is 2.96. The van der Waals surface area contributed by atoms with Gasteiger partial charge in [-0.05, 0) is 50.3 Å². The van der Waals surface area contributed by atoms with Gasteiger partial charge in [-0.2, -0.15) is 5.10 Å². The van der Waals surface area contributed by atoms with Gasteiger partial charge in [0.2, 0.25) is 5.95 Å². The van der Waals surface area contributed by atoms with Gasteiger partial charge in [0.1, 0.15) is 0 Å². The van der Waals surface area contributed by atoms with Crippen molar-refractivity contribution in [3.05, 3.63) is 27.9 Å². The average Bonchev–Trinajstić information content (AvgIpc) is 2.63. The topological polar surface area (TPSA) is 55.6 Å². The molecule has 0 aliphatic carbocycles. The fourth-order valence-corrected chi connectivity index (χ4v) is 1.70. The van der Waals surface area contributed by atoms with Crippen LogP contribution in [0.5, 0.6) is 0 Å². The fraction of sp³-hybridized carbons (Fsp3) is 0.417. The molecule has 0 aliphatic heterocycles. The first-order chi connectivity index (χ1) is 8.36. The summed E-state index contributed by atoms with van der Waals surface area (Å²) in [7, 11) is 0. The Labute approximate surface area is 120 Å². The summed E-state index contributed by atoms with van der Waals surface area (Å²) in [6.45, 7) is 8.32. The van der Waals surface area contributed by atoms with Gasteiger partial charge in [0.15, 0.2) is 0 Å². The summed E-state index contributed by atoms with van der Waals surface area (Å²) in [5, 5.41) is 7.68. The van der Waals surface area contributed by atoms with Crippen molar-refractivity contribution in [1.82, 2.24) is 19.7 Å². The van der Waals surface area contributed by atoms with Crippen molar-refractivity contribution in [2.75, 3.05) is 5.32 Å². The minimum absolute atomic E-state index is 0.0301. The number of hydrogen-bond acceptors (Lipinski definition) is 4. The van der Waals surface area contributed by atoms with Crippen LogP contribution in [0.1, 0.15) is 26.5 Å². The van der Waals surface area contributed by atoms with Gasteiger partial charge < -0.3 is 5.32 Å². The molecule has 96 valence electrons. The number of nitrogens with one attached hydrogen (secondary N) is 1. The van der Waals surface area contributed by atoms with Crippen LogP contribution < -0.4 is 5.32 Å². The standard InChI is InChI=1S/C12H16IN5/c1-8-10(7-18(17-8)12(2,3)4)16-11-14-5-9(13)6-15-11/h5-7H,1-4H3,(H,14,15,16). The molecule has 0 amide bonds. The normalized spacial score (nSPS) is 11.6. The van der Waals surface area contributed by atoms with Gasteiger partial charge in [-0.25, -0.2) is 9.97 Å². The summed E-state index contributed by atoms with van der Waals surface area (Å²) in [5.74, 6) is 0.590. The maximum atomic E-state index is 4.49. The van der Waals surface area contributed by atoms with E-state index >= 15 is 0 Å². The predicted molar refractivity (Wildman–Crippen MR) is 80.0 cm³/mol. The minimum Gasteiger partial charge on any atom is -0.321 e. The van der Waals surface area contributed by atoms with Crippen molar-refractivity contribution in [1.29, 1.82) is 0 Å². The van der Waals surface area contributed by atoms with E-state index < -0.39 is 0 Å². The molecular weight excluding hydrogens is 341 g/mol. The molecule has 0 atom stereocenters. The first-order valence-corrected chi connectivity index (χ1v) is 6.75. The Balaban J connectivity index is 2.24. The first-order valence-electron chi connectivity index (χ1n) is 5.67. The van der Waals surface area contributed by atoms with Crippen LogP contribution in [-0.4, -0.2) is 19.7 Å². The number of nitrogens with zero attached hydrogens (tertiary/aromatic N) is 4. The van der Waals surface area contributed by atoms with Crippen LogP contribution in [-0.2, 0) is 5.54 Å². The molecule has 2 heterocycles. The van der Waals surface area contributed by atoms with Crippen molar-refractivity contribution in [2.45, 2.75) is 33.2 Å². The van der Waals surface area contributed by atoms with Crippen LogP contribution in [0.4, 0.5) is 11.6 Å². The van der Waals surface area contributed by atoms with Gasteiger partial charge >= 0.3 is 0 Å². The molecule has 0 saturated heterocycles. The van der Waals surface area contributed by atoms with E-state index in [-0.39, 0.29) is 5.54 Å². The SMILES string of the molecule is Cc1nn(C(C)(C)C)cc1Nc1ncc(I)cn1. The molecule has 0 aromatic carbocycles. The quantitative estimate of drug-likeness (QED) is 0.840. The van der Waals surface area contributed by atoms with E-state index in [4.69, 9.17) is 0 Å². The lowest BCUT2D eigenvalue weighted by molar-refractivity contribution is 0.354. The summed E-state index contributed by atoms with van der Waals surface area (Å²) in [5.41, 5.74) is 1.84. The Hall–Kier alpha value is -1.18. The Bertz CT molecular complexity index is 539. The lowest BCUT2D eigenvalue weighted by Gasteiger charge is -2.18. The van der Waals surface area contributed by atoms with Gasteiger partial charge in [0, 0.05) is 22.2 Å². The van der Waals surface area contributed by atoms with Crippen LogP contribution in [0.15, 0.2) is 18.6 Å². The molecule has 0 fully saturated rings. The largest absolute Gasteiger partial charge is 0.321 e. The maximum Gasteiger partial charge on any atom is 0.227 e. The summed E-state index contributed by atoms with van der Waals surface area (Å²) >= 11 is 2.18. The molecule has 1 N–H and O–H groups in total. The lowest BCUT2D eigenvalue weighted by atomic mass is 10.1. The van der Waals surface area contributed by atoms with E-state index in [1.165, 1.54) is 0 Å². The second-order valence-electron chi connectivity index (χ2n) is 5.09. The van der Waals surface area contributed by atoms with E-state index in [2.05, 4.69) is 63.7 Å². The van der Waals surface area contributed by atoms with Crippen molar-refractivity contribution in [3.63, 3.8) is 0 Å². The summed E-state index contributed by atoms with van der Waals surface area (Å²) in [6, 6.07) is 0. The third kappa shape index (κ3) is 2.98. The molecule has 2 rings (SSSR count). The monoisotopic (exact) mass is 357 g/mol. The van der Waals surface area contributed by atoms with E-state index in [0.717, 1.165) is 15.0 Å². The molecule has 5 nitrogen and oxygen atoms in total. The van der Waals surface area contributed by atoms with Gasteiger partial charge in [-0.3, -0.25) is 4.68 Å². The van der Waals surface area contributed by atoms with E-state index in [9.17, 15) is 0 Å². The van der Waals surface area contributed by atoms with Gasteiger partial charge in [0.25, 0.3) is 0 Å². The maximum absolute atomic E-state index is 4.49. The minimum atomic E-state index is -0.0301. The third-order valence-electron chi connectivity index (χ3n) is 2.45. The van der Waals surface area contributed by atoms with Crippen molar-refractivity contribution < 1.29 is 0 Å². The van der Waals surface area contributed by atoms with Crippen LogP contribution in [0.25, 0.3) is 0 Å². The lowest BCUT2D eigenvalue weighted by Crippen LogP contribution is -2.22. The highest BCUT2D eigenvalue weighted by Gasteiger charge is 2.16. The van der Waals surface area contributed by atoms with E-state index in [1.807, 2.05) is 17.8 Å². The molecule has 2 aromatic heterocycles. The van der Waals surface area contributed by atoms with Crippen LogP contribution in [0.3, 0.4) is 0 Å². The molecule has 0 saturated carbocycles. The van der Waals surface area contributed by atoms with Gasteiger partial charge in [-0.15, -0.1) is 0 Å². The molecule has 0 bridgehead atoms. The molecule has 6 heteroatoms. The molecular formula is C12H16IN5. The van der Waals surface area contributed by atoms with Crippen LogP contribution in [0.2, 0.25) is 0 Å². The van der Waals surface area contributed by atoms with Crippen molar-refractivity contribution >= 4 is 34.2 Å². The second kappa shape index (κ2) is 4.83. The Kier molecular flexibility index (Phi) is 3.56. The number of anilines is 2. The second-order valence-corrected chi connectivity index (χ2v) is 6.34. The van der Waals surface area contributed by atoms with E-state index in [1.54, 1.807) is 12.4 Å². The number of aryl methyl sites for hydroxylation is 1. The summed E-state index contributed by atoms with van der Waals surface area (Å²) in [6.07, 6.45) is 5.54. The van der Waals surface area contributed by atoms with Crippen LogP contribution in [0, 0.1) is 10.5 Å². The fourth-order valence-electron chi connectivity index (χ4n) is 1.42. The van der Waals surface area contributed by atoms with Crippen LogP contribution >= 0.6 is 22.6 Å². The van der Waals surface area contributed by atoms with Gasteiger partial charge in [-0.1, -0.05) is 0 Å². The number of hydrogen-bond donors (Lipinski definition) is 1. The first kappa shape index (κ1) is 13.3. The molecule has 2 aromatic rings. The Morgan fingerprint density at radius 3 is 2.33 bits per heavy atom. The predicted octanol–water partition coefficient (Wildman–Crippen LogP) is 3.08. The van der Waals surface area contributed by atoms with E-state index in [0.29, 0.717) is 5.95 Å². The Morgan fingerprint density at radius 1 is 1.22 bits per heavy atom. The highest BCUT2D eigenvalue weighted by atomic mass is 127. The molecule has 0 aliphatic rings. The zero-order valence-electron chi connectivity index (χ0n) is 10.9. The highest BCUT2D eigenvalue weighted by molar-refractivity contribution is 14.1. The van der Waals surface area contributed by atoms with Crippen molar-refractivity contribution in [3.8, 4) is 0 Å². The molecule has 0 unspecified atom stereocenters. The Morgan fingerprint density at radius 2 is 1.83 bits per heavy atom. The third-order valence-corrected chi connectivity index (χ3v) is 3.01. The van der Waals surface area contributed by atoms with Crippen molar-refractivity contribution in [2.24, 2.45) is 0 Å². The summed E-state index contributed by atoms with van der Waals surface area (Å²) in [4.78, 5) is 8.44. The zero-order chi connectivity index (χ0) is 13.3. The number of aromatic nitrogens is 4. The molecule has 0 spiro atoms.